The van der Waals surface area contributed by atoms with E-state index < -0.39 is 17.8 Å². The van der Waals surface area contributed by atoms with E-state index in [4.69, 9.17) is 21.1 Å². The number of carbonyl (C=O) groups is 1. The van der Waals surface area contributed by atoms with Gasteiger partial charge in [0.1, 0.15) is 17.5 Å². The van der Waals surface area contributed by atoms with Gasteiger partial charge in [0, 0.05) is 22.5 Å². The maximum absolute atomic E-state index is 14.7. The molecule has 46 heavy (non-hydrogen) atoms. The lowest BCUT2D eigenvalue weighted by atomic mass is 9.59. The molecule has 0 radical (unpaired) electrons. The van der Waals surface area contributed by atoms with Gasteiger partial charge in [-0.15, -0.1) is 0 Å². The molecule has 1 aromatic heterocycles. The van der Waals surface area contributed by atoms with Crippen molar-refractivity contribution in [1.29, 1.82) is 0 Å². The Hall–Kier alpha value is -3.16. The molecule has 1 heterocycles. The number of nitrogens with zero attached hydrogens (tertiary/aromatic N) is 1. The van der Waals surface area contributed by atoms with E-state index in [0.29, 0.717) is 42.5 Å². The van der Waals surface area contributed by atoms with Gasteiger partial charge in [0.2, 0.25) is 0 Å². The summed E-state index contributed by atoms with van der Waals surface area (Å²) in [6.45, 7) is 6.70. The van der Waals surface area contributed by atoms with Crippen molar-refractivity contribution in [1.82, 2.24) is 4.98 Å². The maximum atomic E-state index is 14.7. The summed E-state index contributed by atoms with van der Waals surface area (Å²) in [5.41, 5.74) is 4.78. The molecule has 0 aliphatic heterocycles. The Kier molecular flexibility index (Phi) is 9.37. The Balaban J connectivity index is 1.25. The fourth-order valence-electron chi connectivity index (χ4n) is 8.51. The average molecular weight is 649 g/mol. The second-order valence-corrected chi connectivity index (χ2v) is 14.5. The SMILES string of the molecule is COC(=O)C1(Nc2cccc(Cl)c2)CCC2(CC1)c1cc(C(C)O)ccc1C[C@@H]2C[C@@H](C)COc1ccnc2c1[C@H](C)CC[C@H]2F. The van der Waals surface area contributed by atoms with Gasteiger partial charge in [-0.1, -0.05) is 49.7 Å². The van der Waals surface area contributed by atoms with Crippen molar-refractivity contribution < 1.29 is 23.8 Å². The van der Waals surface area contributed by atoms with Gasteiger partial charge in [0.25, 0.3) is 0 Å². The number of alkyl halides is 1. The Labute approximate surface area is 277 Å². The van der Waals surface area contributed by atoms with E-state index in [2.05, 4.69) is 36.3 Å². The minimum Gasteiger partial charge on any atom is -0.493 e. The Morgan fingerprint density at radius 2 is 1.91 bits per heavy atom. The zero-order valence-electron chi connectivity index (χ0n) is 27.3. The fraction of sp³-hybridized carbons (Fsp3) is 0.526. The van der Waals surface area contributed by atoms with Gasteiger partial charge < -0.3 is 19.9 Å². The van der Waals surface area contributed by atoms with E-state index in [9.17, 15) is 14.3 Å². The van der Waals surface area contributed by atoms with E-state index in [1.165, 1.54) is 18.2 Å². The van der Waals surface area contributed by atoms with Crippen LogP contribution < -0.4 is 10.1 Å². The van der Waals surface area contributed by atoms with Crippen LogP contribution in [0.3, 0.4) is 0 Å². The number of rotatable bonds is 9. The lowest BCUT2D eigenvalue weighted by molar-refractivity contribution is -0.148. The number of carbonyl (C=O) groups excluding carboxylic acids is 1. The van der Waals surface area contributed by atoms with Crippen LogP contribution in [-0.4, -0.2) is 35.3 Å². The number of halogens is 2. The molecule has 1 unspecified atom stereocenters. The number of ether oxygens (including phenoxy) is 2. The van der Waals surface area contributed by atoms with Gasteiger partial charge in [0.05, 0.1) is 25.5 Å². The number of pyridine rings is 1. The summed E-state index contributed by atoms with van der Waals surface area (Å²) in [7, 11) is 1.45. The molecule has 1 fully saturated rings. The van der Waals surface area contributed by atoms with E-state index in [1.54, 1.807) is 6.20 Å². The summed E-state index contributed by atoms with van der Waals surface area (Å²) in [6.07, 6.45) is 6.08. The first-order valence-electron chi connectivity index (χ1n) is 16.7. The van der Waals surface area contributed by atoms with E-state index in [-0.39, 0.29) is 23.2 Å². The standard InChI is InChI=1S/C38H46ClFN2O4/c1-23(22-46-33-12-17-41-35-32(40)11-8-24(2)34(33)35)18-28-19-27-10-9-26(25(3)43)20-31(27)37(28)13-15-38(16-14-37,36(44)45-4)42-30-7-5-6-29(39)21-30/h5-7,9-10,12,17,20-21,23-25,28,32,42-43H,8,11,13-16,18-19,22H2,1-4H3/t23-,24-,25?,28+,32-,37?,38?/m1/s1. The smallest absolute Gasteiger partial charge is 0.331 e. The highest BCUT2D eigenvalue weighted by molar-refractivity contribution is 6.30. The number of esters is 1. The van der Waals surface area contributed by atoms with Crippen molar-refractivity contribution >= 4 is 23.3 Å². The van der Waals surface area contributed by atoms with Crippen molar-refractivity contribution in [2.24, 2.45) is 11.8 Å². The average Bonchev–Trinajstić information content (AvgIpc) is 3.33. The predicted octanol–water partition coefficient (Wildman–Crippen LogP) is 8.81. The van der Waals surface area contributed by atoms with Gasteiger partial charge in [-0.25, -0.2) is 9.18 Å². The van der Waals surface area contributed by atoms with Crippen LogP contribution in [0.1, 0.15) is 112 Å². The number of anilines is 1. The van der Waals surface area contributed by atoms with Crippen LogP contribution in [0.15, 0.2) is 54.7 Å². The van der Waals surface area contributed by atoms with E-state index in [0.717, 1.165) is 54.7 Å². The molecule has 3 aliphatic carbocycles. The van der Waals surface area contributed by atoms with E-state index in [1.807, 2.05) is 43.3 Å². The van der Waals surface area contributed by atoms with Crippen LogP contribution in [0.2, 0.25) is 5.02 Å². The minimum atomic E-state index is -1.03. The summed E-state index contributed by atoms with van der Waals surface area (Å²) < 4.78 is 26.5. The number of aromatic nitrogens is 1. The molecule has 8 heteroatoms. The van der Waals surface area contributed by atoms with Crippen LogP contribution in [-0.2, 0) is 21.4 Å². The lowest BCUT2D eigenvalue weighted by Gasteiger charge is -2.48. The summed E-state index contributed by atoms with van der Waals surface area (Å²) >= 11 is 6.29. The van der Waals surface area contributed by atoms with Crippen LogP contribution in [0, 0.1) is 11.8 Å². The molecule has 2 aromatic carbocycles. The predicted molar refractivity (Wildman–Crippen MR) is 179 cm³/mol. The van der Waals surface area contributed by atoms with Crippen molar-refractivity contribution in [3.63, 3.8) is 0 Å². The normalized spacial score (nSPS) is 28.2. The molecule has 5 atom stereocenters. The van der Waals surface area contributed by atoms with Crippen molar-refractivity contribution in [3.05, 3.63) is 87.7 Å². The molecule has 3 aliphatic rings. The first-order chi connectivity index (χ1) is 22.0. The summed E-state index contributed by atoms with van der Waals surface area (Å²) in [5.74, 6) is 1.29. The van der Waals surface area contributed by atoms with Crippen molar-refractivity contribution in [3.8, 4) is 5.75 Å². The Bertz CT molecular complexity index is 1570. The Morgan fingerprint density at radius 1 is 1.13 bits per heavy atom. The summed E-state index contributed by atoms with van der Waals surface area (Å²) in [4.78, 5) is 17.8. The number of aliphatic hydroxyl groups is 1. The topological polar surface area (TPSA) is 80.7 Å². The lowest BCUT2D eigenvalue weighted by Crippen LogP contribution is -2.53. The molecule has 6 rings (SSSR count). The molecule has 0 bridgehead atoms. The third kappa shape index (κ3) is 6.13. The number of fused-ring (bicyclic) bond motifs is 3. The number of aliphatic hydroxyl groups excluding tert-OH is 1. The first-order valence-corrected chi connectivity index (χ1v) is 17.1. The van der Waals surface area contributed by atoms with Crippen LogP contribution in [0.25, 0.3) is 0 Å². The summed E-state index contributed by atoms with van der Waals surface area (Å²) in [6, 6.07) is 15.8. The molecule has 246 valence electrons. The zero-order valence-corrected chi connectivity index (χ0v) is 28.1. The minimum absolute atomic E-state index is 0.145. The van der Waals surface area contributed by atoms with Gasteiger partial charge in [0.15, 0.2) is 0 Å². The largest absolute Gasteiger partial charge is 0.493 e. The quantitative estimate of drug-likeness (QED) is 0.226. The van der Waals surface area contributed by atoms with Crippen LogP contribution >= 0.6 is 11.6 Å². The van der Waals surface area contributed by atoms with Gasteiger partial charge >= 0.3 is 5.97 Å². The molecule has 6 nitrogen and oxygen atoms in total. The highest BCUT2D eigenvalue weighted by Crippen LogP contribution is 2.56. The monoisotopic (exact) mass is 648 g/mol. The zero-order chi connectivity index (χ0) is 32.6. The third-order valence-corrected chi connectivity index (χ3v) is 11.2. The maximum Gasteiger partial charge on any atom is 0.331 e. The van der Waals surface area contributed by atoms with Crippen LogP contribution in [0.5, 0.6) is 5.75 Å². The van der Waals surface area contributed by atoms with Gasteiger partial charge in [-0.3, -0.25) is 4.98 Å². The molecule has 1 saturated carbocycles. The molecular weight excluding hydrogens is 603 g/mol. The molecule has 3 aromatic rings. The Morgan fingerprint density at radius 3 is 2.63 bits per heavy atom. The number of hydrogen-bond acceptors (Lipinski definition) is 6. The number of methoxy groups -OCH3 is 1. The van der Waals surface area contributed by atoms with Crippen molar-refractivity contribution in [2.75, 3.05) is 19.0 Å². The number of benzene rings is 2. The molecule has 0 saturated heterocycles. The summed E-state index contributed by atoms with van der Waals surface area (Å²) in [5, 5.41) is 14.6. The number of hydrogen-bond donors (Lipinski definition) is 2. The number of nitrogens with one attached hydrogen (secondary N) is 1. The first kappa shape index (κ1) is 32.8. The third-order valence-electron chi connectivity index (χ3n) is 11.0. The molecule has 1 spiro atoms. The van der Waals surface area contributed by atoms with Gasteiger partial charge in [-0.05, 0) is 122 Å². The second kappa shape index (κ2) is 13.2. The van der Waals surface area contributed by atoms with E-state index >= 15 is 0 Å². The van der Waals surface area contributed by atoms with Gasteiger partial charge in [-0.2, -0.15) is 0 Å². The van der Waals surface area contributed by atoms with Crippen molar-refractivity contribution in [2.45, 2.75) is 101 Å². The molecule has 2 N–H and O–H groups in total. The highest BCUT2D eigenvalue weighted by Gasteiger charge is 2.54. The fourth-order valence-corrected chi connectivity index (χ4v) is 8.70. The van der Waals surface area contributed by atoms with Crippen LogP contribution in [0.4, 0.5) is 10.1 Å². The molecule has 0 amide bonds. The highest BCUT2D eigenvalue weighted by atomic mass is 35.5. The second-order valence-electron chi connectivity index (χ2n) is 14.1. The molecular formula is C38H46ClFN2O4.